The van der Waals surface area contributed by atoms with Crippen LogP contribution in [0.4, 0.5) is 15.8 Å². The van der Waals surface area contributed by atoms with Gasteiger partial charge in [0.25, 0.3) is 5.91 Å². The molecule has 0 radical (unpaired) electrons. The summed E-state index contributed by atoms with van der Waals surface area (Å²) in [6.07, 6.45) is -0.978. The van der Waals surface area contributed by atoms with Crippen LogP contribution in [-0.2, 0) is 14.4 Å². The quantitative estimate of drug-likeness (QED) is 0.602. The van der Waals surface area contributed by atoms with Crippen molar-refractivity contribution in [1.82, 2.24) is 0 Å². The second-order valence-electron chi connectivity index (χ2n) is 7.42. The van der Waals surface area contributed by atoms with Crippen LogP contribution in [0.3, 0.4) is 0 Å². The van der Waals surface area contributed by atoms with Crippen LogP contribution in [0, 0.1) is 11.7 Å². The van der Waals surface area contributed by atoms with Gasteiger partial charge in [-0.25, -0.2) is 14.4 Å². The van der Waals surface area contributed by atoms with E-state index in [0.29, 0.717) is 11.4 Å². The molecule has 0 aliphatic carbocycles. The van der Waals surface area contributed by atoms with Crippen molar-refractivity contribution in [2.24, 2.45) is 5.92 Å². The summed E-state index contributed by atoms with van der Waals surface area (Å²) in [6.45, 7) is 0. The van der Waals surface area contributed by atoms with Crippen LogP contribution >= 0.6 is 0 Å². The van der Waals surface area contributed by atoms with Gasteiger partial charge in [0.1, 0.15) is 17.5 Å². The zero-order chi connectivity index (χ0) is 21.5. The number of nitrogens with zero attached hydrogens (tertiary/aromatic N) is 2. The van der Waals surface area contributed by atoms with Gasteiger partial charge in [-0.2, -0.15) is 0 Å². The molecular weight excluding hydrogens is 399 g/mol. The number of ether oxygens (including phenoxy) is 1. The van der Waals surface area contributed by atoms with Crippen molar-refractivity contribution in [3.8, 4) is 5.75 Å². The zero-order valence-electron chi connectivity index (χ0n) is 16.6. The molecule has 0 saturated carbocycles. The molecule has 7 heteroatoms. The monoisotopic (exact) mass is 418 g/mol. The lowest BCUT2D eigenvalue weighted by Crippen LogP contribution is -2.37. The van der Waals surface area contributed by atoms with E-state index in [1.165, 1.54) is 24.3 Å². The number of carbonyl (C=O) groups is 2. The molecule has 0 N–H and O–H groups in total. The van der Waals surface area contributed by atoms with E-state index < -0.39 is 29.8 Å². The topological polar surface area (TPSA) is 59.1 Å². The summed E-state index contributed by atoms with van der Waals surface area (Å²) < 4.78 is 18.7. The van der Waals surface area contributed by atoms with E-state index in [0.717, 1.165) is 16.2 Å². The van der Waals surface area contributed by atoms with Crippen molar-refractivity contribution in [3.63, 3.8) is 0 Å². The van der Waals surface area contributed by atoms with Crippen molar-refractivity contribution < 1.29 is 23.6 Å². The summed E-state index contributed by atoms with van der Waals surface area (Å²) in [5.41, 5.74) is 1.85. The van der Waals surface area contributed by atoms with Crippen molar-refractivity contribution in [3.05, 3.63) is 90.2 Å². The van der Waals surface area contributed by atoms with Gasteiger partial charge in [0.2, 0.25) is 5.91 Å². The van der Waals surface area contributed by atoms with Gasteiger partial charge in [0.15, 0.2) is 6.10 Å². The fraction of sp³-hybridized carbons (Fsp3) is 0.167. The van der Waals surface area contributed by atoms with Crippen LogP contribution in [0.25, 0.3) is 0 Å². The number of anilines is 2. The lowest BCUT2D eigenvalue weighted by molar-refractivity contribution is -0.126. The van der Waals surface area contributed by atoms with E-state index in [4.69, 9.17) is 9.57 Å². The lowest BCUT2D eigenvalue weighted by atomic mass is 9.90. The molecule has 3 aromatic rings. The number of methoxy groups -OCH3 is 1. The number of imide groups is 1. The molecule has 2 aliphatic heterocycles. The second-order valence-corrected chi connectivity index (χ2v) is 7.42. The van der Waals surface area contributed by atoms with Gasteiger partial charge in [0, 0.05) is 0 Å². The molecule has 0 unspecified atom stereocenters. The molecule has 5 rings (SSSR count). The normalized spacial score (nSPS) is 22.7. The number of amides is 2. The first-order valence-electron chi connectivity index (χ1n) is 9.87. The Morgan fingerprint density at radius 3 is 2.32 bits per heavy atom. The molecule has 3 aromatic carbocycles. The Balaban J connectivity index is 1.59. The summed E-state index contributed by atoms with van der Waals surface area (Å²) in [4.78, 5) is 33.8. The highest BCUT2D eigenvalue weighted by Crippen LogP contribution is 2.47. The van der Waals surface area contributed by atoms with Gasteiger partial charge >= 0.3 is 0 Å². The van der Waals surface area contributed by atoms with E-state index in [2.05, 4.69) is 0 Å². The molecule has 2 amide bonds. The number of hydrogen-bond donors (Lipinski definition) is 0. The smallest absolute Gasteiger partial charge is 0.266 e. The van der Waals surface area contributed by atoms with Gasteiger partial charge in [-0.1, -0.05) is 30.3 Å². The van der Waals surface area contributed by atoms with Gasteiger partial charge in [-0.05, 0) is 54.1 Å². The zero-order valence-corrected chi connectivity index (χ0v) is 16.6. The third-order valence-electron chi connectivity index (χ3n) is 5.65. The average molecular weight is 418 g/mol. The third kappa shape index (κ3) is 3.14. The van der Waals surface area contributed by atoms with Gasteiger partial charge in [0.05, 0.1) is 24.5 Å². The highest BCUT2D eigenvalue weighted by molar-refractivity contribution is 6.23. The molecule has 6 nitrogen and oxygen atoms in total. The molecule has 31 heavy (non-hydrogen) atoms. The fourth-order valence-electron chi connectivity index (χ4n) is 4.22. The maximum absolute atomic E-state index is 13.5. The number of rotatable bonds is 4. The maximum Gasteiger partial charge on any atom is 0.266 e. The molecule has 2 heterocycles. The summed E-state index contributed by atoms with van der Waals surface area (Å²) in [7, 11) is 1.57. The molecule has 156 valence electrons. The first kappa shape index (κ1) is 19.3. The average Bonchev–Trinajstić information content (AvgIpc) is 3.31. The fourth-order valence-corrected chi connectivity index (χ4v) is 4.22. The Morgan fingerprint density at radius 1 is 0.871 bits per heavy atom. The van der Waals surface area contributed by atoms with E-state index >= 15 is 0 Å². The molecule has 3 atom stereocenters. The standard InChI is InChI=1S/C24H19FN2O4/c1-30-19-9-5-6-15(14-19)21-20-22(31-27(21)18-7-3-2-4-8-18)24(29)26(23(20)28)17-12-10-16(25)11-13-17/h2-14,20-22H,1H3/t20-,21-,22-/m0/s1. The minimum absolute atomic E-state index is 0.324. The molecule has 0 aromatic heterocycles. The Bertz CT molecular complexity index is 1140. The predicted octanol–water partition coefficient (Wildman–Crippen LogP) is 3.89. The number of halogens is 1. The maximum atomic E-state index is 13.5. The van der Waals surface area contributed by atoms with Crippen LogP contribution < -0.4 is 14.7 Å². The van der Waals surface area contributed by atoms with Gasteiger partial charge < -0.3 is 4.74 Å². The molecule has 2 aliphatic rings. The van der Waals surface area contributed by atoms with Crippen molar-refractivity contribution in [2.75, 3.05) is 17.1 Å². The molecule has 2 fully saturated rings. The van der Waals surface area contributed by atoms with Crippen LogP contribution in [0.2, 0.25) is 0 Å². The summed E-state index contributed by atoms with van der Waals surface area (Å²) in [6, 6.07) is 21.5. The van der Waals surface area contributed by atoms with Crippen LogP contribution in [0.5, 0.6) is 5.75 Å². The summed E-state index contributed by atoms with van der Waals surface area (Å²) in [5.74, 6) is -1.41. The lowest BCUT2D eigenvalue weighted by Gasteiger charge is -2.29. The number of benzene rings is 3. The Kier molecular flexibility index (Phi) is 4.67. The Morgan fingerprint density at radius 2 is 1.61 bits per heavy atom. The minimum Gasteiger partial charge on any atom is -0.497 e. The summed E-state index contributed by atoms with van der Waals surface area (Å²) in [5, 5.41) is 1.63. The number of hydrogen-bond acceptors (Lipinski definition) is 5. The van der Waals surface area contributed by atoms with Gasteiger partial charge in [-0.3, -0.25) is 14.4 Å². The number of fused-ring (bicyclic) bond motifs is 1. The predicted molar refractivity (Wildman–Crippen MR) is 112 cm³/mol. The molecule has 0 spiro atoms. The van der Waals surface area contributed by atoms with E-state index in [1.54, 1.807) is 12.2 Å². The molecule has 2 saturated heterocycles. The van der Waals surface area contributed by atoms with E-state index in [9.17, 15) is 14.0 Å². The van der Waals surface area contributed by atoms with E-state index in [1.807, 2.05) is 54.6 Å². The van der Waals surface area contributed by atoms with Crippen molar-refractivity contribution in [1.29, 1.82) is 0 Å². The van der Waals surface area contributed by atoms with E-state index in [-0.39, 0.29) is 5.91 Å². The highest BCUT2D eigenvalue weighted by Gasteiger charge is 2.60. The van der Waals surface area contributed by atoms with Crippen LogP contribution in [0.15, 0.2) is 78.9 Å². The minimum atomic E-state index is -0.978. The third-order valence-corrected chi connectivity index (χ3v) is 5.65. The molecular formula is C24H19FN2O4. The summed E-state index contributed by atoms with van der Waals surface area (Å²) >= 11 is 0. The second kappa shape index (κ2) is 7.52. The number of para-hydroxylation sites is 1. The molecule has 0 bridgehead atoms. The SMILES string of the molecule is COc1cccc([C@H]2[C@@H]3C(=O)N(c4ccc(F)cc4)C(=O)[C@H]3ON2c2ccccc2)c1. The first-order valence-corrected chi connectivity index (χ1v) is 9.87. The van der Waals surface area contributed by atoms with Crippen molar-refractivity contribution in [2.45, 2.75) is 12.1 Å². The number of hydroxylamine groups is 1. The Labute approximate surface area is 178 Å². The van der Waals surface area contributed by atoms with Crippen LogP contribution in [0.1, 0.15) is 11.6 Å². The van der Waals surface area contributed by atoms with Crippen LogP contribution in [-0.4, -0.2) is 25.0 Å². The first-order chi connectivity index (χ1) is 15.1. The van der Waals surface area contributed by atoms with Gasteiger partial charge in [-0.15, -0.1) is 0 Å². The Hall–Kier alpha value is -3.71. The van der Waals surface area contributed by atoms with Crippen molar-refractivity contribution >= 4 is 23.2 Å². The number of carbonyl (C=O) groups excluding carboxylic acids is 2. The highest BCUT2D eigenvalue weighted by atomic mass is 19.1. The largest absolute Gasteiger partial charge is 0.497 e.